The zero-order chi connectivity index (χ0) is 13.3. The van der Waals surface area contributed by atoms with Crippen LogP contribution >= 0.6 is 0 Å². The summed E-state index contributed by atoms with van der Waals surface area (Å²) < 4.78 is 11.3. The van der Waals surface area contributed by atoms with Gasteiger partial charge in [-0.15, -0.1) is 0 Å². The van der Waals surface area contributed by atoms with Gasteiger partial charge in [0.15, 0.2) is 0 Å². The lowest BCUT2D eigenvalue weighted by Crippen LogP contribution is -2.34. The number of likely N-dealkylation sites (N-methyl/N-ethyl adjacent to an activating group) is 1. The third-order valence-corrected chi connectivity index (χ3v) is 4.59. The van der Waals surface area contributed by atoms with Gasteiger partial charge in [0.05, 0.1) is 5.92 Å². The Kier molecular flexibility index (Phi) is 3.58. The fraction of sp³-hybridized carbons (Fsp3) is 0.857. The minimum Gasteiger partial charge on any atom is -0.367 e. The summed E-state index contributed by atoms with van der Waals surface area (Å²) in [5.74, 6) is 1.86. The highest BCUT2D eigenvalue weighted by molar-refractivity contribution is 5.06. The molecule has 1 aliphatic heterocycles. The van der Waals surface area contributed by atoms with Crippen LogP contribution in [0.3, 0.4) is 0 Å². The first-order chi connectivity index (χ1) is 9.23. The van der Waals surface area contributed by atoms with Crippen LogP contribution in [0.1, 0.15) is 63.1 Å². The zero-order valence-corrected chi connectivity index (χ0v) is 11.8. The van der Waals surface area contributed by atoms with E-state index in [1.165, 1.54) is 19.3 Å². The molecule has 1 saturated heterocycles. The maximum Gasteiger partial charge on any atom is 0.231 e. The number of hydrogen-bond acceptors (Lipinski definition) is 5. The van der Waals surface area contributed by atoms with E-state index in [1.807, 2.05) is 7.05 Å². The average molecular weight is 265 g/mol. The van der Waals surface area contributed by atoms with Gasteiger partial charge in [0.25, 0.3) is 0 Å². The summed E-state index contributed by atoms with van der Waals surface area (Å²) in [5, 5.41) is 7.56. The van der Waals surface area contributed by atoms with Crippen molar-refractivity contribution in [3.05, 3.63) is 11.7 Å². The normalized spacial score (nSPS) is 35.7. The van der Waals surface area contributed by atoms with Gasteiger partial charge in [-0.05, 0) is 39.7 Å². The molecular formula is C14H23N3O2. The van der Waals surface area contributed by atoms with Crippen molar-refractivity contribution in [2.45, 2.75) is 63.0 Å². The molecule has 19 heavy (non-hydrogen) atoms. The Morgan fingerprint density at radius 2 is 2.11 bits per heavy atom. The molecule has 1 saturated carbocycles. The molecule has 0 radical (unpaired) electrons. The van der Waals surface area contributed by atoms with Gasteiger partial charge in [0.1, 0.15) is 5.60 Å². The molecule has 5 nitrogen and oxygen atoms in total. The van der Waals surface area contributed by atoms with Gasteiger partial charge >= 0.3 is 0 Å². The second-order valence-corrected chi connectivity index (χ2v) is 5.93. The number of rotatable bonds is 3. The molecule has 1 N–H and O–H groups in total. The maximum absolute atomic E-state index is 5.78. The third-order valence-electron chi connectivity index (χ3n) is 4.59. The van der Waals surface area contributed by atoms with Crippen molar-refractivity contribution in [3.63, 3.8) is 0 Å². The molecule has 2 aliphatic rings. The van der Waals surface area contributed by atoms with Crippen molar-refractivity contribution in [2.75, 3.05) is 13.7 Å². The van der Waals surface area contributed by atoms with E-state index in [4.69, 9.17) is 9.26 Å². The van der Waals surface area contributed by atoms with Crippen molar-refractivity contribution in [2.24, 2.45) is 0 Å². The Balaban J connectivity index is 1.80. The molecule has 0 bridgehead atoms. The molecule has 0 aromatic carbocycles. The molecule has 106 valence electrons. The molecular weight excluding hydrogens is 242 g/mol. The van der Waals surface area contributed by atoms with Gasteiger partial charge in [0, 0.05) is 12.6 Å². The average Bonchev–Trinajstić information content (AvgIpc) is 3.08. The summed E-state index contributed by atoms with van der Waals surface area (Å²) in [7, 11) is 2.02. The lowest BCUT2D eigenvalue weighted by atomic mass is 9.84. The van der Waals surface area contributed by atoms with Crippen molar-refractivity contribution in [1.82, 2.24) is 15.5 Å². The number of nitrogens with one attached hydrogen (secondary N) is 1. The summed E-state index contributed by atoms with van der Waals surface area (Å²) in [6, 6.07) is 0.458. The fourth-order valence-corrected chi connectivity index (χ4v) is 3.33. The molecule has 0 amide bonds. The molecule has 3 unspecified atom stereocenters. The van der Waals surface area contributed by atoms with Crippen LogP contribution in [0, 0.1) is 0 Å². The molecule has 1 aliphatic carbocycles. The van der Waals surface area contributed by atoms with Crippen molar-refractivity contribution in [3.8, 4) is 0 Å². The van der Waals surface area contributed by atoms with Crippen LogP contribution in [0.2, 0.25) is 0 Å². The Bertz CT molecular complexity index is 426. The smallest absolute Gasteiger partial charge is 0.231 e. The number of aromatic nitrogens is 2. The van der Waals surface area contributed by atoms with E-state index in [-0.39, 0.29) is 5.60 Å². The molecule has 3 rings (SSSR count). The minimum atomic E-state index is -0.342. The number of hydrogen-bond donors (Lipinski definition) is 1. The first-order valence-corrected chi connectivity index (χ1v) is 7.38. The lowest BCUT2D eigenvalue weighted by Gasteiger charge is -2.28. The summed E-state index contributed by atoms with van der Waals surface area (Å²) in [6.45, 7) is 2.86. The van der Waals surface area contributed by atoms with Gasteiger partial charge in [-0.1, -0.05) is 18.0 Å². The molecule has 0 spiro atoms. The van der Waals surface area contributed by atoms with Crippen LogP contribution in [-0.4, -0.2) is 29.8 Å². The summed E-state index contributed by atoms with van der Waals surface area (Å²) in [5.41, 5.74) is -0.342. The van der Waals surface area contributed by atoms with Gasteiger partial charge < -0.3 is 14.6 Å². The van der Waals surface area contributed by atoms with Gasteiger partial charge in [-0.25, -0.2) is 0 Å². The predicted octanol–water partition coefficient (Wildman–Crippen LogP) is 2.34. The predicted molar refractivity (Wildman–Crippen MR) is 70.9 cm³/mol. The Morgan fingerprint density at radius 3 is 2.84 bits per heavy atom. The number of ether oxygens (including phenoxy) is 1. The van der Waals surface area contributed by atoms with Crippen molar-refractivity contribution >= 4 is 0 Å². The minimum absolute atomic E-state index is 0.342. The van der Waals surface area contributed by atoms with E-state index >= 15 is 0 Å². The molecule has 5 heteroatoms. The van der Waals surface area contributed by atoms with Crippen LogP contribution in [0.5, 0.6) is 0 Å². The van der Waals surface area contributed by atoms with E-state index in [0.29, 0.717) is 12.0 Å². The lowest BCUT2D eigenvalue weighted by molar-refractivity contribution is 0.00768. The molecule has 1 aromatic rings. The fourth-order valence-electron chi connectivity index (χ4n) is 3.33. The van der Waals surface area contributed by atoms with Crippen LogP contribution in [-0.2, 0) is 10.3 Å². The van der Waals surface area contributed by atoms with E-state index in [2.05, 4.69) is 22.4 Å². The highest BCUT2D eigenvalue weighted by Gasteiger charge is 2.38. The Morgan fingerprint density at radius 1 is 1.26 bits per heavy atom. The van der Waals surface area contributed by atoms with Crippen LogP contribution < -0.4 is 5.32 Å². The number of nitrogens with zero attached hydrogens (tertiary/aromatic N) is 2. The van der Waals surface area contributed by atoms with Crippen LogP contribution in [0.4, 0.5) is 0 Å². The second-order valence-electron chi connectivity index (χ2n) is 5.93. The summed E-state index contributed by atoms with van der Waals surface area (Å²) in [4.78, 5) is 4.64. The Labute approximate surface area is 114 Å². The van der Waals surface area contributed by atoms with Gasteiger partial charge in [-0.3, -0.25) is 0 Å². The standard InChI is InChI=1S/C14H23N3O2/c1-14(8-5-9-18-14)13-16-12(19-17-13)10-6-3-4-7-11(10)15-2/h10-11,15H,3-9H2,1-2H3. The first-order valence-electron chi connectivity index (χ1n) is 7.38. The molecule has 2 heterocycles. The van der Waals surface area contributed by atoms with Crippen LogP contribution in [0.25, 0.3) is 0 Å². The van der Waals surface area contributed by atoms with E-state index in [0.717, 1.165) is 37.6 Å². The summed E-state index contributed by atoms with van der Waals surface area (Å²) in [6.07, 6.45) is 6.89. The Hall–Kier alpha value is -0.940. The highest BCUT2D eigenvalue weighted by atomic mass is 16.5. The maximum atomic E-state index is 5.78. The SMILES string of the molecule is CNC1CCCCC1c1nc(C2(C)CCCO2)no1. The van der Waals surface area contributed by atoms with Crippen LogP contribution in [0.15, 0.2) is 4.52 Å². The summed E-state index contributed by atoms with van der Waals surface area (Å²) >= 11 is 0. The quantitative estimate of drug-likeness (QED) is 0.909. The second kappa shape index (κ2) is 5.21. The van der Waals surface area contributed by atoms with Gasteiger partial charge in [0.2, 0.25) is 11.7 Å². The third kappa shape index (κ3) is 2.41. The topological polar surface area (TPSA) is 60.2 Å². The molecule has 3 atom stereocenters. The van der Waals surface area contributed by atoms with Gasteiger partial charge in [-0.2, -0.15) is 4.98 Å². The van der Waals surface area contributed by atoms with E-state index in [1.54, 1.807) is 0 Å². The largest absolute Gasteiger partial charge is 0.367 e. The monoisotopic (exact) mass is 265 g/mol. The van der Waals surface area contributed by atoms with Crippen molar-refractivity contribution < 1.29 is 9.26 Å². The van der Waals surface area contributed by atoms with E-state index in [9.17, 15) is 0 Å². The van der Waals surface area contributed by atoms with Crippen molar-refractivity contribution in [1.29, 1.82) is 0 Å². The molecule has 1 aromatic heterocycles. The first kappa shape index (κ1) is 13.1. The van der Waals surface area contributed by atoms with E-state index < -0.39 is 0 Å². The highest BCUT2D eigenvalue weighted by Crippen LogP contribution is 2.36. The molecule has 2 fully saturated rings. The zero-order valence-electron chi connectivity index (χ0n) is 11.8.